The summed E-state index contributed by atoms with van der Waals surface area (Å²) < 4.78 is 32.9. The number of aromatic nitrogens is 2. The van der Waals surface area contributed by atoms with Crippen LogP contribution in [0.3, 0.4) is 0 Å². The van der Waals surface area contributed by atoms with Crippen LogP contribution < -0.4 is 4.72 Å². The molecule has 30 heavy (non-hydrogen) atoms. The molecular formula is C21H24N4O4S. The molecule has 8 nitrogen and oxygen atoms in total. The highest BCUT2D eigenvalue weighted by Gasteiger charge is 2.27. The molecule has 4 rings (SSSR count). The van der Waals surface area contributed by atoms with E-state index < -0.39 is 10.0 Å². The monoisotopic (exact) mass is 428 g/mol. The molecular weight excluding hydrogens is 404 g/mol. The summed E-state index contributed by atoms with van der Waals surface area (Å²) in [4.78, 5) is 18.7. The van der Waals surface area contributed by atoms with E-state index in [2.05, 4.69) is 14.9 Å². The van der Waals surface area contributed by atoms with Gasteiger partial charge in [0.05, 0.1) is 4.90 Å². The fraction of sp³-hybridized carbons (Fsp3) is 0.381. The third-order valence-corrected chi connectivity index (χ3v) is 6.86. The quantitative estimate of drug-likeness (QED) is 0.647. The van der Waals surface area contributed by atoms with Crippen molar-refractivity contribution in [2.75, 3.05) is 19.6 Å². The van der Waals surface area contributed by atoms with Crippen molar-refractivity contribution in [1.29, 1.82) is 0 Å². The van der Waals surface area contributed by atoms with Crippen molar-refractivity contribution in [3.8, 4) is 0 Å². The minimum atomic E-state index is -3.67. The zero-order chi connectivity index (χ0) is 21.1. The number of hydrogen-bond donors (Lipinski definition) is 1. The molecule has 0 bridgehead atoms. The van der Waals surface area contributed by atoms with Gasteiger partial charge in [-0.3, -0.25) is 4.79 Å². The summed E-state index contributed by atoms with van der Waals surface area (Å²) in [5.74, 6) is 1.35. The molecule has 1 aliphatic rings. The van der Waals surface area contributed by atoms with Crippen molar-refractivity contribution in [2.45, 2.75) is 37.0 Å². The highest BCUT2D eigenvalue weighted by molar-refractivity contribution is 7.89. The fourth-order valence-corrected chi connectivity index (χ4v) is 4.79. The maximum Gasteiger partial charge on any atom is 0.240 e. The molecule has 1 N–H and O–H groups in total. The van der Waals surface area contributed by atoms with Crippen molar-refractivity contribution in [3.63, 3.8) is 0 Å². The fourth-order valence-electron chi connectivity index (χ4n) is 3.72. The summed E-state index contributed by atoms with van der Waals surface area (Å²) >= 11 is 0. The minimum absolute atomic E-state index is 0.0589. The lowest BCUT2D eigenvalue weighted by Gasteiger charge is -2.30. The number of carbonyl (C=O) groups is 1. The third-order valence-electron chi connectivity index (χ3n) is 5.40. The number of amides is 1. The zero-order valence-corrected chi connectivity index (χ0v) is 17.6. The van der Waals surface area contributed by atoms with Crippen LogP contribution in [0, 0.1) is 6.92 Å². The van der Waals surface area contributed by atoms with Crippen LogP contribution in [-0.4, -0.2) is 49.0 Å². The van der Waals surface area contributed by atoms with Crippen LogP contribution >= 0.6 is 0 Å². The first kappa shape index (κ1) is 20.5. The number of hydrogen-bond acceptors (Lipinski definition) is 6. The van der Waals surface area contributed by atoms with Gasteiger partial charge in [-0.15, -0.1) is 0 Å². The van der Waals surface area contributed by atoms with Crippen LogP contribution in [0.15, 0.2) is 51.9 Å². The highest BCUT2D eigenvalue weighted by atomic mass is 32.2. The second-order valence-corrected chi connectivity index (χ2v) is 9.26. The van der Waals surface area contributed by atoms with Gasteiger partial charge >= 0.3 is 0 Å². The normalized spacial score (nSPS) is 15.6. The van der Waals surface area contributed by atoms with E-state index in [0.29, 0.717) is 24.8 Å². The Hall–Kier alpha value is -2.78. The second kappa shape index (κ2) is 8.53. The highest BCUT2D eigenvalue weighted by Crippen LogP contribution is 2.27. The first-order valence-corrected chi connectivity index (χ1v) is 11.5. The number of fused-ring (bicyclic) bond motifs is 1. The van der Waals surface area contributed by atoms with Gasteiger partial charge in [0.1, 0.15) is 0 Å². The van der Waals surface area contributed by atoms with Gasteiger partial charge in [0.2, 0.25) is 21.8 Å². The molecule has 2 aromatic carbocycles. The molecule has 0 saturated carbocycles. The van der Waals surface area contributed by atoms with Crippen molar-refractivity contribution >= 4 is 26.7 Å². The molecule has 1 fully saturated rings. The Morgan fingerprint density at radius 1 is 1.17 bits per heavy atom. The molecule has 0 unspecified atom stereocenters. The smallest absolute Gasteiger partial charge is 0.240 e. The summed E-state index contributed by atoms with van der Waals surface area (Å²) in [5, 5.41) is 5.65. The van der Waals surface area contributed by atoms with Gasteiger partial charge in [-0.25, -0.2) is 13.1 Å². The molecule has 9 heteroatoms. The average Bonchev–Trinajstić information content (AvgIpc) is 3.19. The van der Waals surface area contributed by atoms with E-state index in [0.717, 1.165) is 23.6 Å². The number of aryl methyl sites for hydroxylation is 1. The minimum Gasteiger partial charge on any atom is -0.343 e. The number of benzene rings is 2. The van der Waals surface area contributed by atoms with Gasteiger partial charge in [0.25, 0.3) is 0 Å². The van der Waals surface area contributed by atoms with Crippen LogP contribution in [0.4, 0.5) is 0 Å². The molecule has 1 amide bonds. The first-order chi connectivity index (χ1) is 14.4. The Morgan fingerprint density at radius 3 is 2.60 bits per heavy atom. The first-order valence-electron chi connectivity index (χ1n) is 9.99. The van der Waals surface area contributed by atoms with E-state index in [9.17, 15) is 13.2 Å². The predicted molar refractivity (Wildman–Crippen MR) is 111 cm³/mol. The summed E-state index contributed by atoms with van der Waals surface area (Å²) in [6, 6.07) is 12.6. The van der Waals surface area contributed by atoms with Crippen molar-refractivity contribution < 1.29 is 17.7 Å². The van der Waals surface area contributed by atoms with Gasteiger partial charge in [-0.1, -0.05) is 35.5 Å². The van der Waals surface area contributed by atoms with Gasteiger partial charge < -0.3 is 9.42 Å². The molecule has 3 aromatic rings. The summed E-state index contributed by atoms with van der Waals surface area (Å²) in [6.07, 6.45) is 1.64. The number of carbonyl (C=O) groups excluding carboxylic acids is 1. The molecule has 1 saturated heterocycles. The van der Waals surface area contributed by atoms with Crippen LogP contribution in [0.25, 0.3) is 10.8 Å². The largest absolute Gasteiger partial charge is 0.343 e. The van der Waals surface area contributed by atoms with Crippen LogP contribution in [0.1, 0.15) is 36.9 Å². The SMILES string of the molecule is Cc1noc(C2CCN(C(=O)CCNS(=O)(=O)c3ccc4ccccc4c3)CC2)n1. The lowest BCUT2D eigenvalue weighted by atomic mass is 9.96. The van der Waals surface area contributed by atoms with E-state index >= 15 is 0 Å². The molecule has 0 aliphatic carbocycles. The number of nitrogens with zero attached hydrogens (tertiary/aromatic N) is 3. The molecule has 1 aliphatic heterocycles. The average molecular weight is 429 g/mol. The number of nitrogens with one attached hydrogen (secondary N) is 1. The van der Waals surface area contributed by atoms with Gasteiger partial charge in [0.15, 0.2) is 5.82 Å². The van der Waals surface area contributed by atoms with Crippen LogP contribution in [0.2, 0.25) is 0 Å². The topological polar surface area (TPSA) is 105 Å². The predicted octanol–water partition coefficient (Wildman–Crippen LogP) is 2.61. The van der Waals surface area contributed by atoms with Crippen molar-refractivity contribution in [3.05, 3.63) is 54.2 Å². The van der Waals surface area contributed by atoms with E-state index in [1.165, 1.54) is 0 Å². The third kappa shape index (κ3) is 4.52. The molecule has 2 heterocycles. The van der Waals surface area contributed by atoms with E-state index in [1.54, 1.807) is 30.0 Å². The number of rotatable bonds is 6. The molecule has 158 valence electrons. The number of piperidine rings is 1. The Morgan fingerprint density at radius 2 is 1.90 bits per heavy atom. The zero-order valence-electron chi connectivity index (χ0n) is 16.7. The summed E-state index contributed by atoms with van der Waals surface area (Å²) in [5.41, 5.74) is 0. The van der Waals surface area contributed by atoms with E-state index in [4.69, 9.17) is 4.52 Å². The van der Waals surface area contributed by atoms with Gasteiger partial charge in [-0.05, 0) is 42.7 Å². The van der Waals surface area contributed by atoms with Crippen molar-refractivity contribution in [2.24, 2.45) is 0 Å². The Kier molecular flexibility index (Phi) is 5.83. The van der Waals surface area contributed by atoms with Gasteiger partial charge in [0, 0.05) is 32.0 Å². The lowest BCUT2D eigenvalue weighted by Crippen LogP contribution is -2.39. The second-order valence-electron chi connectivity index (χ2n) is 7.49. The maximum atomic E-state index is 12.6. The molecule has 0 atom stereocenters. The number of likely N-dealkylation sites (tertiary alicyclic amines) is 1. The Labute approximate surface area is 175 Å². The Bertz CT molecular complexity index is 1150. The van der Waals surface area contributed by atoms with E-state index in [1.807, 2.05) is 24.3 Å². The van der Waals surface area contributed by atoms with Gasteiger partial charge in [-0.2, -0.15) is 4.98 Å². The lowest BCUT2D eigenvalue weighted by molar-refractivity contribution is -0.132. The van der Waals surface area contributed by atoms with Crippen LogP contribution in [0.5, 0.6) is 0 Å². The van der Waals surface area contributed by atoms with Crippen molar-refractivity contribution in [1.82, 2.24) is 19.8 Å². The number of sulfonamides is 1. The summed E-state index contributed by atoms with van der Waals surface area (Å²) in [7, 11) is -3.67. The molecule has 0 radical (unpaired) electrons. The molecule has 1 aromatic heterocycles. The standard InChI is InChI=1S/C21H24N4O4S/c1-15-23-21(29-24-15)17-9-12-25(13-10-17)20(26)8-11-22-30(27,28)19-7-6-16-4-2-3-5-18(16)14-19/h2-7,14,17,22H,8-13H2,1H3. The molecule has 0 spiro atoms. The Balaban J connectivity index is 1.28. The summed E-state index contributed by atoms with van der Waals surface area (Å²) in [6.45, 7) is 3.05. The maximum absolute atomic E-state index is 12.6. The van der Waals surface area contributed by atoms with E-state index in [-0.39, 0.29) is 29.7 Å². The van der Waals surface area contributed by atoms with Crippen LogP contribution in [-0.2, 0) is 14.8 Å².